The summed E-state index contributed by atoms with van der Waals surface area (Å²) in [5, 5.41) is 9.54. The minimum absolute atomic E-state index is 0.380. The number of rotatable bonds is 7. The molecule has 1 aromatic carbocycles. The highest BCUT2D eigenvalue weighted by atomic mass is 79.9. The first-order chi connectivity index (χ1) is 10.6. The third-order valence-electron chi connectivity index (χ3n) is 4.04. The maximum absolute atomic E-state index is 9.54. The Hall–Kier alpha value is -1.66. The van der Waals surface area contributed by atoms with E-state index in [4.69, 9.17) is 0 Å². The van der Waals surface area contributed by atoms with Crippen molar-refractivity contribution in [3.8, 4) is 6.07 Å². The molecule has 0 aliphatic carbocycles. The van der Waals surface area contributed by atoms with Crippen LogP contribution < -0.4 is 0 Å². The van der Waals surface area contributed by atoms with Gasteiger partial charge in [-0.2, -0.15) is 5.26 Å². The molecule has 3 heteroatoms. The highest BCUT2D eigenvalue weighted by Gasteiger charge is 2.25. The smallest absolute Gasteiger partial charge is 0.106 e. The Labute approximate surface area is 141 Å². The van der Waals surface area contributed by atoms with E-state index in [1.165, 1.54) is 0 Å². The summed E-state index contributed by atoms with van der Waals surface area (Å²) in [6, 6.07) is 18.6. The van der Waals surface area contributed by atoms with Crippen molar-refractivity contribution in [1.29, 1.82) is 5.26 Å². The van der Waals surface area contributed by atoms with Crippen LogP contribution in [0.2, 0.25) is 0 Å². The summed E-state index contributed by atoms with van der Waals surface area (Å²) in [5.74, 6) is 0. The summed E-state index contributed by atoms with van der Waals surface area (Å²) in [7, 11) is 0. The molecule has 0 fully saturated rings. The molecule has 1 atom stereocenters. The standard InChI is InChI=1S/C19H21BrN2/c1-19(15-21,16-9-4-2-5-10-16)14-7-3-6-11-17-12-8-13-18(20)22-17/h2,4-5,8-10,12-13H,3,6-7,11,14H2,1H3. The van der Waals surface area contributed by atoms with Crippen molar-refractivity contribution in [2.45, 2.75) is 44.4 Å². The van der Waals surface area contributed by atoms with E-state index >= 15 is 0 Å². The lowest BCUT2D eigenvalue weighted by atomic mass is 9.79. The number of hydrogen-bond donors (Lipinski definition) is 0. The number of pyridine rings is 1. The summed E-state index contributed by atoms with van der Waals surface area (Å²) < 4.78 is 0.895. The quantitative estimate of drug-likeness (QED) is 0.489. The van der Waals surface area contributed by atoms with Gasteiger partial charge in [0.1, 0.15) is 4.60 Å². The fourth-order valence-electron chi connectivity index (χ4n) is 2.62. The molecule has 0 radical (unpaired) electrons. The van der Waals surface area contributed by atoms with Gasteiger partial charge in [0.2, 0.25) is 0 Å². The highest BCUT2D eigenvalue weighted by molar-refractivity contribution is 9.10. The SMILES string of the molecule is CC(C#N)(CCCCCc1cccc(Br)n1)c1ccccc1. The van der Waals surface area contributed by atoms with Gasteiger partial charge in [0.05, 0.1) is 11.5 Å². The van der Waals surface area contributed by atoms with Crippen LogP contribution in [0, 0.1) is 11.3 Å². The topological polar surface area (TPSA) is 36.7 Å². The molecular weight excluding hydrogens is 336 g/mol. The third kappa shape index (κ3) is 4.68. The van der Waals surface area contributed by atoms with Gasteiger partial charge in [-0.1, -0.05) is 49.2 Å². The van der Waals surface area contributed by atoms with Crippen molar-refractivity contribution in [2.75, 3.05) is 0 Å². The highest BCUT2D eigenvalue weighted by Crippen LogP contribution is 2.29. The Balaban J connectivity index is 1.79. The van der Waals surface area contributed by atoms with Crippen LogP contribution in [-0.2, 0) is 11.8 Å². The van der Waals surface area contributed by atoms with Crippen LogP contribution >= 0.6 is 15.9 Å². The molecule has 1 aromatic heterocycles. The summed E-state index contributed by atoms with van der Waals surface area (Å²) in [5.41, 5.74) is 1.86. The number of halogens is 1. The molecule has 0 spiro atoms. The molecule has 0 amide bonds. The van der Waals surface area contributed by atoms with Gasteiger partial charge in [-0.25, -0.2) is 4.98 Å². The summed E-state index contributed by atoms with van der Waals surface area (Å²) in [6.45, 7) is 2.04. The van der Waals surface area contributed by atoms with Crippen molar-refractivity contribution in [3.05, 3.63) is 64.4 Å². The molecule has 0 bridgehead atoms. The number of nitriles is 1. The molecule has 2 rings (SSSR count). The molecule has 0 aliphatic heterocycles. The first kappa shape index (κ1) is 16.7. The van der Waals surface area contributed by atoms with Crippen LogP contribution in [0.5, 0.6) is 0 Å². The molecule has 0 saturated carbocycles. The normalized spacial score (nSPS) is 13.3. The maximum Gasteiger partial charge on any atom is 0.106 e. The average Bonchev–Trinajstić information content (AvgIpc) is 2.55. The third-order valence-corrected chi connectivity index (χ3v) is 4.48. The van der Waals surface area contributed by atoms with Gasteiger partial charge in [-0.3, -0.25) is 0 Å². The molecule has 0 N–H and O–H groups in total. The number of hydrogen-bond acceptors (Lipinski definition) is 2. The summed E-state index contributed by atoms with van der Waals surface area (Å²) >= 11 is 3.40. The molecule has 22 heavy (non-hydrogen) atoms. The van der Waals surface area contributed by atoms with Crippen LogP contribution in [-0.4, -0.2) is 4.98 Å². The number of nitrogens with zero attached hydrogens (tertiary/aromatic N) is 2. The molecule has 2 nitrogen and oxygen atoms in total. The Bertz CT molecular complexity index is 633. The maximum atomic E-state index is 9.54. The number of benzene rings is 1. The van der Waals surface area contributed by atoms with Crippen molar-refractivity contribution >= 4 is 15.9 Å². The van der Waals surface area contributed by atoms with Gasteiger partial charge in [0.15, 0.2) is 0 Å². The fraction of sp³-hybridized carbons (Fsp3) is 0.368. The zero-order valence-electron chi connectivity index (χ0n) is 12.9. The molecule has 0 aliphatic rings. The average molecular weight is 357 g/mol. The Morgan fingerprint density at radius 2 is 1.82 bits per heavy atom. The van der Waals surface area contributed by atoms with Gasteiger partial charge in [0, 0.05) is 5.69 Å². The summed E-state index contributed by atoms with van der Waals surface area (Å²) in [6.07, 6.45) is 5.19. The zero-order chi connectivity index (χ0) is 15.8. The van der Waals surface area contributed by atoms with Crippen molar-refractivity contribution in [1.82, 2.24) is 4.98 Å². The minimum Gasteiger partial charge on any atom is -0.246 e. The van der Waals surface area contributed by atoms with E-state index in [1.807, 2.05) is 37.3 Å². The predicted molar refractivity (Wildman–Crippen MR) is 93.5 cm³/mol. The second-order valence-electron chi connectivity index (χ2n) is 5.82. The van der Waals surface area contributed by atoms with Crippen LogP contribution in [0.3, 0.4) is 0 Å². The van der Waals surface area contributed by atoms with E-state index < -0.39 is 0 Å². The molecule has 114 valence electrons. The van der Waals surface area contributed by atoms with Gasteiger partial charge >= 0.3 is 0 Å². The van der Waals surface area contributed by atoms with Gasteiger partial charge in [-0.05, 0) is 59.8 Å². The molecule has 0 saturated heterocycles. The first-order valence-electron chi connectivity index (χ1n) is 7.72. The van der Waals surface area contributed by atoms with E-state index in [-0.39, 0.29) is 5.41 Å². The fourth-order valence-corrected chi connectivity index (χ4v) is 3.00. The van der Waals surface area contributed by atoms with E-state index in [1.54, 1.807) is 0 Å². The van der Waals surface area contributed by atoms with E-state index in [2.05, 4.69) is 45.2 Å². The molecule has 1 unspecified atom stereocenters. The lowest BCUT2D eigenvalue weighted by Crippen LogP contribution is -2.19. The Kier molecular flexibility index (Phi) is 6.15. The number of aromatic nitrogens is 1. The van der Waals surface area contributed by atoms with Gasteiger partial charge < -0.3 is 0 Å². The lowest BCUT2D eigenvalue weighted by molar-refractivity contribution is 0.503. The van der Waals surface area contributed by atoms with Gasteiger partial charge in [0.25, 0.3) is 0 Å². The van der Waals surface area contributed by atoms with Crippen LogP contribution in [0.15, 0.2) is 53.1 Å². The molecule has 2 aromatic rings. The Morgan fingerprint density at radius 3 is 2.50 bits per heavy atom. The lowest BCUT2D eigenvalue weighted by Gasteiger charge is -2.22. The minimum atomic E-state index is -0.380. The van der Waals surface area contributed by atoms with Crippen LogP contribution in [0.25, 0.3) is 0 Å². The van der Waals surface area contributed by atoms with E-state index in [0.717, 1.165) is 48.0 Å². The van der Waals surface area contributed by atoms with Gasteiger partial charge in [-0.15, -0.1) is 0 Å². The van der Waals surface area contributed by atoms with Crippen molar-refractivity contribution in [3.63, 3.8) is 0 Å². The van der Waals surface area contributed by atoms with Crippen LogP contribution in [0.1, 0.15) is 43.9 Å². The molecule has 1 heterocycles. The number of aryl methyl sites for hydroxylation is 1. The second kappa shape index (κ2) is 8.10. The Morgan fingerprint density at radius 1 is 1.05 bits per heavy atom. The zero-order valence-corrected chi connectivity index (χ0v) is 14.5. The van der Waals surface area contributed by atoms with E-state index in [9.17, 15) is 5.26 Å². The predicted octanol–water partition coefficient (Wildman–Crippen LogP) is 5.43. The van der Waals surface area contributed by atoms with Crippen molar-refractivity contribution < 1.29 is 0 Å². The largest absolute Gasteiger partial charge is 0.246 e. The number of unbranched alkanes of at least 4 members (excludes halogenated alkanes) is 2. The first-order valence-corrected chi connectivity index (χ1v) is 8.51. The summed E-state index contributed by atoms with van der Waals surface area (Å²) in [4.78, 5) is 4.45. The van der Waals surface area contributed by atoms with Crippen LogP contribution in [0.4, 0.5) is 0 Å². The monoisotopic (exact) mass is 356 g/mol. The molecular formula is C19H21BrN2. The van der Waals surface area contributed by atoms with Crippen molar-refractivity contribution in [2.24, 2.45) is 0 Å². The van der Waals surface area contributed by atoms with E-state index in [0.29, 0.717) is 0 Å². The second-order valence-corrected chi connectivity index (χ2v) is 6.63.